The summed E-state index contributed by atoms with van der Waals surface area (Å²) in [5.41, 5.74) is 1.69. The molecule has 1 fully saturated rings. The van der Waals surface area contributed by atoms with Crippen molar-refractivity contribution in [3.8, 4) is 0 Å². The van der Waals surface area contributed by atoms with E-state index in [1.165, 1.54) is 12.8 Å². The Labute approximate surface area is 96.2 Å². The van der Waals surface area contributed by atoms with Gasteiger partial charge < -0.3 is 9.73 Å². The van der Waals surface area contributed by atoms with Crippen molar-refractivity contribution in [2.45, 2.75) is 52.5 Å². The Morgan fingerprint density at radius 2 is 1.81 bits per heavy atom. The van der Waals surface area contributed by atoms with Crippen molar-refractivity contribution in [3.63, 3.8) is 0 Å². The van der Waals surface area contributed by atoms with Crippen LogP contribution in [0.3, 0.4) is 0 Å². The zero-order chi connectivity index (χ0) is 11.7. The molecule has 0 radical (unpaired) electrons. The zero-order valence-electron chi connectivity index (χ0n) is 10.2. The van der Waals surface area contributed by atoms with E-state index in [1.807, 2.05) is 20.8 Å². The van der Waals surface area contributed by atoms with E-state index in [-0.39, 0.29) is 5.91 Å². The second-order valence-electron chi connectivity index (χ2n) is 4.67. The number of furan rings is 1. The average molecular weight is 221 g/mol. The quantitative estimate of drug-likeness (QED) is 0.834. The smallest absolute Gasteiger partial charge is 0.255 e. The van der Waals surface area contributed by atoms with Crippen molar-refractivity contribution in [2.24, 2.45) is 0 Å². The fourth-order valence-corrected chi connectivity index (χ4v) is 2.46. The number of aryl methyl sites for hydroxylation is 2. The minimum absolute atomic E-state index is 0.0266. The van der Waals surface area contributed by atoms with Gasteiger partial charge in [-0.2, -0.15) is 0 Å². The molecule has 1 amide bonds. The minimum atomic E-state index is 0.0266. The first-order valence-electron chi connectivity index (χ1n) is 5.97. The minimum Gasteiger partial charge on any atom is -0.466 e. The fraction of sp³-hybridized carbons (Fsp3) is 0.615. The molecule has 1 aliphatic carbocycles. The van der Waals surface area contributed by atoms with Crippen LogP contribution in [0.1, 0.15) is 53.1 Å². The molecule has 0 aliphatic heterocycles. The molecule has 3 heteroatoms. The Hall–Kier alpha value is -1.25. The SMILES string of the molecule is Cc1oc(C)c(C(=O)NC2CCCC2)c1C. The molecule has 0 aromatic carbocycles. The summed E-state index contributed by atoms with van der Waals surface area (Å²) in [5, 5.41) is 3.09. The van der Waals surface area contributed by atoms with Gasteiger partial charge in [-0.25, -0.2) is 0 Å². The first-order chi connectivity index (χ1) is 7.59. The van der Waals surface area contributed by atoms with Crippen LogP contribution in [-0.2, 0) is 0 Å². The van der Waals surface area contributed by atoms with Gasteiger partial charge in [0.25, 0.3) is 5.91 Å². The van der Waals surface area contributed by atoms with Gasteiger partial charge in [0.15, 0.2) is 0 Å². The summed E-state index contributed by atoms with van der Waals surface area (Å²) in [6.07, 6.45) is 4.68. The molecular weight excluding hydrogens is 202 g/mol. The normalized spacial score (nSPS) is 16.7. The highest BCUT2D eigenvalue weighted by Gasteiger charge is 2.22. The summed E-state index contributed by atoms with van der Waals surface area (Å²) >= 11 is 0. The van der Waals surface area contributed by atoms with Gasteiger partial charge in [-0.3, -0.25) is 4.79 Å². The Balaban J connectivity index is 2.13. The van der Waals surface area contributed by atoms with Crippen molar-refractivity contribution in [2.75, 3.05) is 0 Å². The van der Waals surface area contributed by atoms with Crippen LogP contribution in [0.25, 0.3) is 0 Å². The molecule has 1 aliphatic rings. The van der Waals surface area contributed by atoms with Crippen LogP contribution in [0.5, 0.6) is 0 Å². The van der Waals surface area contributed by atoms with Crippen molar-refractivity contribution >= 4 is 5.91 Å². The van der Waals surface area contributed by atoms with Gasteiger partial charge in [0.05, 0.1) is 5.56 Å². The largest absolute Gasteiger partial charge is 0.466 e. The lowest BCUT2D eigenvalue weighted by atomic mass is 10.1. The van der Waals surface area contributed by atoms with Crippen LogP contribution in [-0.4, -0.2) is 11.9 Å². The Bertz CT molecular complexity index is 400. The third-order valence-corrected chi connectivity index (χ3v) is 3.48. The number of nitrogens with one attached hydrogen (secondary N) is 1. The molecule has 1 saturated carbocycles. The molecule has 0 atom stereocenters. The van der Waals surface area contributed by atoms with Crippen LogP contribution in [0, 0.1) is 20.8 Å². The molecule has 0 bridgehead atoms. The lowest BCUT2D eigenvalue weighted by Gasteiger charge is -2.11. The van der Waals surface area contributed by atoms with Crippen LogP contribution >= 0.6 is 0 Å². The van der Waals surface area contributed by atoms with Gasteiger partial charge in [-0.1, -0.05) is 12.8 Å². The number of rotatable bonds is 2. The monoisotopic (exact) mass is 221 g/mol. The molecular formula is C13H19NO2. The fourth-order valence-electron chi connectivity index (χ4n) is 2.46. The number of carbonyl (C=O) groups is 1. The molecule has 1 heterocycles. The summed E-state index contributed by atoms with van der Waals surface area (Å²) in [4.78, 5) is 12.1. The second kappa shape index (κ2) is 4.32. The molecule has 88 valence electrons. The Morgan fingerprint density at radius 1 is 1.19 bits per heavy atom. The van der Waals surface area contributed by atoms with Gasteiger partial charge in [-0.15, -0.1) is 0 Å². The molecule has 1 N–H and O–H groups in total. The summed E-state index contributed by atoms with van der Waals surface area (Å²) in [7, 11) is 0. The van der Waals surface area contributed by atoms with Crippen LogP contribution in [0.2, 0.25) is 0 Å². The third kappa shape index (κ3) is 1.99. The maximum Gasteiger partial charge on any atom is 0.255 e. The highest BCUT2D eigenvalue weighted by Crippen LogP contribution is 2.22. The highest BCUT2D eigenvalue weighted by molar-refractivity contribution is 5.97. The highest BCUT2D eigenvalue weighted by atomic mass is 16.3. The molecule has 16 heavy (non-hydrogen) atoms. The van der Waals surface area contributed by atoms with Crippen molar-refractivity contribution < 1.29 is 9.21 Å². The predicted molar refractivity (Wildman–Crippen MR) is 62.6 cm³/mol. The van der Waals surface area contributed by atoms with Crippen LogP contribution in [0.15, 0.2) is 4.42 Å². The zero-order valence-corrected chi connectivity index (χ0v) is 10.2. The first-order valence-corrected chi connectivity index (χ1v) is 5.97. The van der Waals surface area contributed by atoms with Gasteiger partial charge in [0.1, 0.15) is 11.5 Å². The molecule has 3 nitrogen and oxygen atoms in total. The summed E-state index contributed by atoms with van der Waals surface area (Å²) in [6.45, 7) is 5.69. The van der Waals surface area contributed by atoms with Gasteiger partial charge in [0.2, 0.25) is 0 Å². The van der Waals surface area contributed by atoms with E-state index in [1.54, 1.807) is 0 Å². The molecule has 2 rings (SSSR count). The van der Waals surface area contributed by atoms with E-state index in [0.717, 1.165) is 35.5 Å². The maximum absolute atomic E-state index is 12.1. The first kappa shape index (κ1) is 11.2. The maximum atomic E-state index is 12.1. The molecule has 0 unspecified atom stereocenters. The molecule has 0 saturated heterocycles. The van der Waals surface area contributed by atoms with Crippen LogP contribution in [0.4, 0.5) is 0 Å². The van der Waals surface area contributed by atoms with E-state index >= 15 is 0 Å². The second-order valence-corrected chi connectivity index (χ2v) is 4.67. The van der Waals surface area contributed by atoms with E-state index < -0.39 is 0 Å². The average Bonchev–Trinajstić information content (AvgIpc) is 2.77. The van der Waals surface area contributed by atoms with E-state index in [0.29, 0.717) is 6.04 Å². The predicted octanol–water partition coefficient (Wildman–Crippen LogP) is 2.88. The number of hydrogen-bond acceptors (Lipinski definition) is 2. The molecule has 1 aromatic rings. The summed E-state index contributed by atoms with van der Waals surface area (Å²) in [6, 6.07) is 0.363. The molecule has 1 aromatic heterocycles. The Kier molecular flexibility index (Phi) is 3.03. The van der Waals surface area contributed by atoms with Gasteiger partial charge >= 0.3 is 0 Å². The van der Waals surface area contributed by atoms with Gasteiger partial charge in [0, 0.05) is 11.6 Å². The van der Waals surface area contributed by atoms with Gasteiger partial charge in [-0.05, 0) is 33.6 Å². The summed E-state index contributed by atoms with van der Waals surface area (Å²) < 4.78 is 5.47. The van der Waals surface area contributed by atoms with Crippen molar-refractivity contribution in [1.82, 2.24) is 5.32 Å². The molecule has 0 spiro atoms. The van der Waals surface area contributed by atoms with E-state index in [2.05, 4.69) is 5.32 Å². The summed E-state index contributed by atoms with van der Waals surface area (Å²) in [5.74, 6) is 1.60. The third-order valence-electron chi connectivity index (χ3n) is 3.48. The number of carbonyl (C=O) groups excluding carboxylic acids is 1. The van der Waals surface area contributed by atoms with E-state index in [9.17, 15) is 4.79 Å². The lowest BCUT2D eigenvalue weighted by Crippen LogP contribution is -2.33. The Morgan fingerprint density at radius 3 is 2.31 bits per heavy atom. The van der Waals surface area contributed by atoms with Crippen LogP contribution < -0.4 is 5.32 Å². The van der Waals surface area contributed by atoms with Crippen molar-refractivity contribution in [1.29, 1.82) is 0 Å². The lowest BCUT2D eigenvalue weighted by molar-refractivity contribution is 0.0936. The number of amides is 1. The topological polar surface area (TPSA) is 42.2 Å². The van der Waals surface area contributed by atoms with Crippen molar-refractivity contribution in [3.05, 3.63) is 22.6 Å². The number of hydrogen-bond donors (Lipinski definition) is 1. The standard InChI is InChI=1S/C13H19NO2/c1-8-9(2)16-10(3)12(8)13(15)14-11-6-4-5-7-11/h11H,4-7H2,1-3H3,(H,14,15). The van der Waals surface area contributed by atoms with E-state index in [4.69, 9.17) is 4.42 Å².